The van der Waals surface area contributed by atoms with Crippen LogP contribution in [-0.4, -0.2) is 21.5 Å². The van der Waals surface area contributed by atoms with Crippen LogP contribution in [0.15, 0.2) is 30.5 Å². The fourth-order valence-corrected chi connectivity index (χ4v) is 1.42. The Morgan fingerprint density at radius 2 is 2.00 bits per heavy atom. The molecule has 0 saturated carbocycles. The van der Waals surface area contributed by atoms with Crippen LogP contribution in [0.3, 0.4) is 0 Å². The minimum atomic E-state index is 0.559. The molecule has 4 nitrogen and oxygen atoms in total. The predicted octanol–water partition coefficient (Wildman–Crippen LogP) is 1.56. The van der Waals surface area contributed by atoms with Crippen LogP contribution < -0.4 is 5.73 Å². The standard InChI is InChI=1S/C10H11ClN4/c11-9-3-1-8(2-4-9)10-7-15(6-5-12)14-13-10/h1-4,7H,5-6,12H2. The lowest BCUT2D eigenvalue weighted by atomic mass is 10.2. The zero-order valence-electron chi connectivity index (χ0n) is 8.10. The number of benzene rings is 1. The molecule has 1 aromatic heterocycles. The van der Waals surface area contributed by atoms with Gasteiger partial charge in [-0.15, -0.1) is 5.10 Å². The molecule has 2 N–H and O–H groups in total. The largest absolute Gasteiger partial charge is 0.329 e. The van der Waals surface area contributed by atoms with Crippen LogP contribution in [0.2, 0.25) is 5.02 Å². The van der Waals surface area contributed by atoms with Crippen molar-refractivity contribution in [1.29, 1.82) is 0 Å². The molecule has 0 aliphatic heterocycles. The minimum absolute atomic E-state index is 0.559. The average molecular weight is 223 g/mol. The number of hydrogen-bond acceptors (Lipinski definition) is 3. The topological polar surface area (TPSA) is 56.7 Å². The molecular formula is C10H11ClN4. The second kappa shape index (κ2) is 4.42. The van der Waals surface area contributed by atoms with Gasteiger partial charge < -0.3 is 5.73 Å². The lowest BCUT2D eigenvalue weighted by molar-refractivity contribution is 0.598. The summed E-state index contributed by atoms with van der Waals surface area (Å²) < 4.78 is 1.73. The lowest BCUT2D eigenvalue weighted by Crippen LogP contribution is -2.10. The molecule has 0 spiro atoms. The Balaban J connectivity index is 2.25. The van der Waals surface area contributed by atoms with Gasteiger partial charge in [0.05, 0.1) is 12.7 Å². The number of rotatable bonds is 3. The third-order valence-electron chi connectivity index (χ3n) is 2.04. The van der Waals surface area contributed by atoms with Crippen LogP contribution in [0, 0.1) is 0 Å². The van der Waals surface area contributed by atoms with Crippen molar-refractivity contribution in [2.24, 2.45) is 5.73 Å². The summed E-state index contributed by atoms with van der Waals surface area (Å²) in [5, 5.41) is 8.72. The first-order valence-electron chi connectivity index (χ1n) is 4.66. The molecule has 0 aliphatic rings. The summed E-state index contributed by atoms with van der Waals surface area (Å²) >= 11 is 5.80. The summed E-state index contributed by atoms with van der Waals surface area (Å²) in [6.07, 6.45) is 1.87. The van der Waals surface area contributed by atoms with E-state index < -0.39 is 0 Å². The first kappa shape index (κ1) is 10.1. The predicted molar refractivity (Wildman–Crippen MR) is 59.5 cm³/mol. The fourth-order valence-electron chi connectivity index (χ4n) is 1.29. The summed E-state index contributed by atoms with van der Waals surface area (Å²) in [5.74, 6) is 0. The maximum Gasteiger partial charge on any atom is 0.113 e. The van der Waals surface area contributed by atoms with Crippen molar-refractivity contribution < 1.29 is 0 Å². The van der Waals surface area contributed by atoms with Gasteiger partial charge in [-0.25, -0.2) is 0 Å². The van der Waals surface area contributed by atoms with Gasteiger partial charge in [0.1, 0.15) is 5.69 Å². The molecule has 0 atom stereocenters. The van der Waals surface area contributed by atoms with Crippen molar-refractivity contribution in [2.75, 3.05) is 6.54 Å². The second-order valence-corrected chi connectivity index (χ2v) is 3.60. The van der Waals surface area contributed by atoms with Crippen molar-refractivity contribution in [3.05, 3.63) is 35.5 Å². The highest BCUT2D eigenvalue weighted by atomic mass is 35.5. The average Bonchev–Trinajstić information content (AvgIpc) is 2.68. The quantitative estimate of drug-likeness (QED) is 0.858. The summed E-state index contributed by atoms with van der Waals surface area (Å²) in [4.78, 5) is 0. The molecule has 0 bridgehead atoms. The number of nitrogens with two attached hydrogens (primary N) is 1. The van der Waals surface area contributed by atoms with Gasteiger partial charge in [-0.3, -0.25) is 4.68 Å². The molecule has 0 radical (unpaired) electrons. The molecule has 2 aromatic rings. The van der Waals surface area contributed by atoms with Gasteiger partial charge in [0.2, 0.25) is 0 Å². The monoisotopic (exact) mass is 222 g/mol. The van der Waals surface area contributed by atoms with Crippen LogP contribution in [0.5, 0.6) is 0 Å². The molecule has 1 aromatic carbocycles. The van der Waals surface area contributed by atoms with Crippen LogP contribution >= 0.6 is 11.6 Å². The minimum Gasteiger partial charge on any atom is -0.329 e. The van der Waals surface area contributed by atoms with Crippen LogP contribution in [-0.2, 0) is 6.54 Å². The zero-order valence-corrected chi connectivity index (χ0v) is 8.85. The van der Waals surface area contributed by atoms with Crippen molar-refractivity contribution >= 4 is 11.6 Å². The van der Waals surface area contributed by atoms with E-state index in [-0.39, 0.29) is 0 Å². The van der Waals surface area contributed by atoms with Gasteiger partial charge in [0.25, 0.3) is 0 Å². The molecule has 0 aliphatic carbocycles. The Kier molecular flexibility index (Phi) is 2.99. The van der Waals surface area contributed by atoms with E-state index >= 15 is 0 Å². The van der Waals surface area contributed by atoms with Crippen molar-refractivity contribution in [2.45, 2.75) is 6.54 Å². The van der Waals surface area contributed by atoms with Crippen molar-refractivity contribution in [3.8, 4) is 11.3 Å². The summed E-state index contributed by atoms with van der Waals surface area (Å²) in [6, 6.07) is 7.50. The van der Waals surface area contributed by atoms with E-state index in [9.17, 15) is 0 Å². The van der Waals surface area contributed by atoms with E-state index in [2.05, 4.69) is 10.3 Å². The third-order valence-corrected chi connectivity index (χ3v) is 2.29. The van der Waals surface area contributed by atoms with Gasteiger partial charge >= 0.3 is 0 Å². The molecule has 1 heterocycles. The van der Waals surface area contributed by atoms with Gasteiger partial charge in [-0.05, 0) is 12.1 Å². The second-order valence-electron chi connectivity index (χ2n) is 3.16. The Hall–Kier alpha value is -1.39. The number of nitrogens with zero attached hydrogens (tertiary/aromatic N) is 3. The normalized spacial score (nSPS) is 10.5. The number of aromatic nitrogens is 3. The summed E-state index contributed by atoms with van der Waals surface area (Å²) in [5.41, 5.74) is 7.26. The van der Waals surface area contributed by atoms with Gasteiger partial charge in [0, 0.05) is 17.1 Å². The Bertz CT molecular complexity index is 435. The number of hydrogen-bond donors (Lipinski definition) is 1. The fraction of sp³-hybridized carbons (Fsp3) is 0.200. The molecule has 15 heavy (non-hydrogen) atoms. The maximum atomic E-state index is 5.80. The maximum absolute atomic E-state index is 5.80. The SMILES string of the molecule is NCCn1cc(-c2ccc(Cl)cc2)nn1. The van der Waals surface area contributed by atoms with Gasteiger partial charge in [0.15, 0.2) is 0 Å². The smallest absolute Gasteiger partial charge is 0.113 e. The molecule has 2 rings (SSSR count). The summed E-state index contributed by atoms with van der Waals surface area (Å²) in [7, 11) is 0. The Morgan fingerprint density at radius 1 is 1.27 bits per heavy atom. The highest BCUT2D eigenvalue weighted by Gasteiger charge is 2.02. The first-order chi connectivity index (χ1) is 7.29. The van der Waals surface area contributed by atoms with Gasteiger partial charge in [-0.1, -0.05) is 28.9 Å². The van der Waals surface area contributed by atoms with E-state index in [1.807, 2.05) is 30.5 Å². The van der Waals surface area contributed by atoms with E-state index in [0.717, 1.165) is 11.3 Å². The Morgan fingerprint density at radius 3 is 2.67 bits per heavy atom. The van der Waals surface area contributed by atoms with Crippen LogP contribution in [0.25, 0.3) is 11.3 Å². The van der Waals surface area contributed by atoms with E-state index in [0.29, 0.717) is 18.1 Å². The molecule has 0 unspecified atom stereocenters. The van der Waals surface area contributed by atoms with E-state index in [4.69, 9.17) is 17.3 Å². The molecule has 0 fully saturated rings. The van der Waals surface area contributed by atoms with Gasteiger partial charge in [-0.2, -0.15) is 0 Å². The highest BCUT2D eigenvalue weighted by molar-refractivity contribution is 6.30. The van der Waals surface area contributed by atoms with E-state index in [1.165, 1.54) is 0 Å². The zero-order chi connectivity index (χ0) is 10.7. The molecule has 78 valence electrons. The van der Waals surface area contributed by atoms with Crippen molar-refractivity contribution in [1.82, 2.24) is 15.0 Å². The molecule has 0 amide bonds. The lowest BCUT2D eigenvalue weighted by Gasteiger charge is -1.95. The third kappa shape index (κ3) is 2.34. The molecule has 5 heteroatoms. The number of halogens is 1. The first-order valence-corrected chi connectivity index (χ1v) is 5.03. The van der Waals surface area contributed by atoms with Crippen LogP contribution in [0.4, 0.5) is 0 Å². The highest BCUT2D eigenvalue weighted by Crippen LogP contribution is 2.18. The van der Waals surface area contributed by atoms with Crippen LogP contribution in [0.1, 0.15) is 0 Å². The molecular weight excluding hydrogens is 212 g/mol. The van der Waals surface area contributed by atoms with E-state index in [1.54, 1.807) is 4.68 Å². The Labute approximate surface area is 92.7 Å². The molecule has 0 saturated heterocycles. The summed E-state index contributed by atoms with van der Waals surface area (Å²) in [6.45, 7) is 1.24. The van der Waals surface area contributed by atoms with Crippen molar-refractivity contribution in [3.63, 3.8) is 0 Å².